The average molecular weight is 325 g/mol. The molecule has 0 spiro atoms. The molecule has 0 aliphatic heterocycles. The maximum Gasteiger partial charge on any atom is 0.196 e. The van der Waals surface area contributed by atoms with E-state index in [1.165, 1.54) is 0 Å². The summed E-state index contributed by atoms with van der Waals surface area (Å²) >= 11 is 9.20. The molecule has 0 aliphatic carbocycles. The molecule has 4 nitrogen and oxygen atoms in total. The molecule has 104 valence electrons. The van der Waals surface area contributed by atoms with Crippen molar-refractivity contribution in [2.24, 2.45) is 5.73 Å². The van der Waals surface area contributed by atoms with Crippen LogP contribution in [0.2, 0.25) is 4.34 Å². The molecule has 3 aromatic rings. The highest BCUT2D eigenvalue weighted by atomic mass is 35.5. The van der Waals surface area contributed by atoms with E-state index in [-0.39, 0.29) is 11.3 Å². The van der Waals surface area contributed by atoms with E-state index in [0.717, 1.165) is 20.0 Å². The Labute approximate surface area is 130 Å². The first-order chi connectivity index (χ1) is 9.65. The minimum Gasteiger partial charge on any atom is -0.327 e. The first-order valence-corrected chi connectivity index (χ1v) is 8.20. The van der Waals surface area contributed by atoms with Crippen LogP contribution in [0.25, 0.3) is 5.65 Å². The van der Waals surface area contributed by atoms with Crippen LogP contribution >= 0.6 is 34.7 Å². The average Bonchev–Trinajstić information content (AvgIpc) is 3.02. The van der Waals surface area contributed by atoms with E-state index in [1.54, 1.807) is 23.1 Å². The zero-order chi connectivity index (χ0) is 14.1. The molecule has 20 heavy (non-hydrogen) atoms. The van der Waals surface area contributed by atoms with Crippen molar-refractivity contribution in [2.45, 2.75) is 23.4 Å². The lowest BCUT2D eigenvalue weighted by Crippen LogP contribution is -2.22. The Morgan fingerprint density at radius 2 is 2.15 bits per heavy atom. The summed E-state index contributed by atoms with van der Waals surface area (Å²) in [7, 11) is 0. The number of hydrogen-bond donors (Lipinski definition) is 1. The largest absolute Gasteiger partial charge is 0.327 e. The summed E-state index contributed by atoms with van der Waals surface area (Å²) in [5.41, 5.74) is 6.96. The van der Waals surface area contributed by atoms with Crippen molar-refractivity contribution in [3.63, 3.8) is 0 Å². The Bertz CT molecular complexity index is 722. The highest BCUT2D eigenvalue weighted by Crippen LogP contribution is 2.40. The van der Waals surface area contributed by atoms with Crippen molar-refractivity contribution in [3.05, 3.63) is 45.7 Å². The van der Waals surface area contributed by atoms with Crippen LogP contribution in [0.5, 0.6) is 0 Å². The van der Waals surface area contributed by atoms with Crippen LogP contribution in [0.15, 0.2) is 41.7 Å². The predicted molar refractivity (Wildman–Crippen MR) is 84.6 cm³/mol. The van der Waals surface area contributed by atoms with E-state index in [2.05, 4.69) is 10.2 Å². The third-order valence-corrected chi connectivity index (χ3v) is 5.76. The molecule has 2 unspecified atom stereocenters. The summed E-state index contributed by atoms with van der Waals surface area (Å²) in [5.74, 6) is 0. The first kappa shape index (κ1) is 13.9. The normalized spacial score (nSPS) is 14.6. The van der Waals surface area contributed by atoms with Crippen LogP contribution in [0, 0.1) is 0 Å². The van der Waals surface area contributed by atoms with Crippen molar-refractivity contribution in [2.75, 3.05) is 0 Å². The Balaban J connectivity index is 1.94. The van der Waals surface area contributed by atoms with Gasteiger partial charge in [0.1, 0.15) is 0 Å². The van der Waals surface area contributed by atoms with Gasteiger partial charge in [0.05, 0.1) is 9.59 Å². The smallest absolute Gasteiger partial charge is 0.196 e. The molecular weight excluding hydrogens is 312 g/mol. The van der Waals surface area contributed by atoms with Crippen molar-refractivity contribution in [1.29, 1.82) is 0 Å². The molecule has 3 rings (SSSR count). The van der Waals surface area contributed by atoms with Gasteiger partial charge in [-0.05, 0) is 31.2 Å². The number of halogens is 1. The van der Waals surface area contributed by atoms with E-state index in [0.29, 0.717) is 0 Å². The monoisotopic (exact) mass is 324 g/mol. The maximum atomic E-state index is 6.12. The fourth-order valence-corrected chi connectivity index (χ4v) is 4.36. The molecule has 0 amide bonds. The molecule has 3 aromatic heterocycles. The van der Waals surface area contributed by atoms with Crippen LogP contribution < -0.4 is 5.73 Å². The number of rotatable bonds is 4. The molecule has 0 aliphatic rings. The second-order valence-electron chi connectivity index (χ2n) is 4.45. The van der Waals surface area contributed by atoms with Crippen molar-refractivity contribution in [3.8, 4) is 0 Å². The number of pyridine rings is 1. The highest BCUT2D eigenvalue weighted by Gasteiger charge is 2.22. The van der Waals surface area contributed by atoms with Gasteiger partial charge in [-0.25, -0.2) is 0 Å². The number of thioether (sulfide) groups is 1. The Morgan fingerprint density at radius 3 is 2.85 bits per heavy atom. The van der Waals surface area contributed by atoms with Crippen LogP contribution in [-0.2, 0) is 0 Å². The molecule has 0 fully saturated rings. The van der Waals surface area contributed by atoms with E-state index in [9.17, 15) is 0 Å². The minimum atomic E-state index is -0.00854. The molecule has 0 aromatic carbocycles. The minimum absolute atomic E-state index is 0.00854. The number of nitrogens with two attached hydrogens (primary N) is 1. The summed E-state index contributed by atoms with van der Waals surface area (Å²) in [6.07, 6.45) is 1.96. The summed E-state index contributed by atoms with van der Waals surface area (Å²) in [6, 6.07) is 9.76. The van der Waals surface area contributed by atoms with E-state index in [1.807, 2.05) is 47.9 Å². The number of fused-ring (bicyclic) bond motifs is 1. The summed E-state index contributed by atoms with van der Waals surface area (Å²) < 4.78 is 2.74. The van der Waals surface area contributed by atoms with Gasteiger partial charge in [0, 0.05) is 17.1 Å². The molecule has 2 atom stereocenters. The molecule has 3 heterocycles. The van der Waals surface area contributed by atoms with Gasteiger partial charge in [-0.15, -0.1) is 21.5 Å². The molecule has 0 radical (unpaired) electrons. The van der Waals surface area contributed by atoms with Gasteiger partial charge < -0.3 is 5.73 Å². The molecule has 0 saturated heterocycles. The SMILES string of the molecule is CC(N)C(Sc1nnc2ccccn12)c1ccc(Cl)s1. The topological polar surface area (TPSA) is 56.2 Å². The fraction of sp³-hybridized carbons (Fsp3) is 0.231. The molecular formula is C13H13ClN4S2. The lowest BCUT2D eigenvalue weighted by Gasteiger charge is -2.17. The Hall–Kier alpha value is -1.08. The maximum absolute atomic E-state index is 6.12. The van der Waals surface area contributed by atoms with Gasteiger partial charge in [0.2, 0.25) is 0 Å². The van der Waals surface area contributed by atoms with Crippen molar-refractivity contribution in [1.82, 2.24) is 14.6 Å². The third kappa shape index (κ3) is 2.69. The van der Waals surface area contributed by atoms with Gasteiger partial charge in [-0.3, -0.25) is 4.40 Å². The van der Waals surface area contributed by atoms with Gasteiger partial charge in [-0.1, -0.05) is 29.4 Å². The first-order valence-electron chi connectivity index (χ1n) is 6.12. The van der Waals surface area contributed by atoms with E-state index >= 15 is 0 Å². The predicted octanol–water partition coefficient (Wildman–Crippen LogP) is 3.62. The standard InChI is InChI=1S/C13H13ClN4S2/c1-8(15)12(9-5-6-10(14)19-9)20-13-17-16-11-4-2-3-7-18(11)13/h2-8,12H,15H2,1H3. The van der Waals surface area contributed by atoms with E-state index in [4.69, 9.17) is 17.3 Å². The molecule has 7 heteroatoms. The van der Waals surface area contributed by atoms with Crippen LogP contribution in [0.1, 0.15) is 17.1 Å². The summed E-state index contributed by atoms with van der Waals surface area (Å²) in [6.45, 7) is 1.99. The molecule has 2 N–H and O–H groups in total. The van der Waals surface area contributed by atoms with Gasteiger partial charge >= 0.3 is 0 Å². The highest BCUT2D eigenvalue weighted by molar-refractivity contribution is 7.99. The zero-order valence-corrected chi connectivity index (χ0v) is 13.1. The van der Waals surface area contributed by atoms with E-state index < -0.39 is 0 Å². The van der Waals surface area contributed by atoms with Gasteiger partial charge in [0.25, 0.3) is 0 Å². The van der Waals surface area contributed by atoms with Crippen LogP contribution in [0.4, 0.5) is 0 Å². The Kier molecular flexibility index (Phi) is 3.98. The number of thiophene rings is 1. The molecule has 0 bridgehead atoms. The van der Waals surface area contributed by atoms with Crippen molar-refractivity contribution < 1.29 is 0 Å². The second kappa shape index (κ2) is 5.73. The van der Waals surface area contributed by atoms with Crippen LogP contribution in [0.3, 0.4) is 0 Å². The number of nitrogens with zero attached hydrogens (tertiary/aromatic N) is 3. The van der Waals surface area contributed by atoms with Gasteiger partial charge in [-0.2, -0.15) is 0 Å². The lowest BCUT2D eigenvalue weighted by atomic mass is 10.2. The third-order valence-electron chi connectivity index (χ3n) is 2.87. The number of aromatic nitrogens is 3. The molecule has 0 saturated carbocycles. The summed E-state index contributed by atoms with van der Waals surface area (Å²) in [5, 5.41) is 9.35. The van der Waals surface area contributed by atoms with Crippen LogP contribution in [-0.4, -0.2) is 20.6 Å². The number of hydrogen-bond acceptors (Lipinski definition) is 5. The summed E-state index contributed by atoms with van der Waals surface area (Å²) in [4.78, 5) is 1.16. The zero-order valence-electron chi connectivity index (χ0n) is 10.7. The fourth-order valence-electron chi connectivity index (χ4n) is 1.92. The van der Waals surface area contributed by atoms with Gasteiger partial charge in [0.15, 0.2) is 10.8 Å². The Morgan fingerprint density at radius 1 is 1.30 bits per heavy atom. The second-order valence-corrected chi connectivity index (χ2v) is 7.31. The van der Waals surface area contributed by atoms with Crippen molar-refractivity contribution >= 4 is 40.3 Å². The quantitative estimate of drug-likeness (QED) is 0.745. The lowest BCUT2D eigenvalue weighted by molar-refractivity contribution is 0.725.